The Balaban J connectivity index is 1.37. The highest BCUT2D eigenvalue weighted by molar-refractivity contribution is 5.98. The second-order valence-corrected chi connectivity index (χ2v) is 8.90. The summed E-state index contributed by atoms with van der Waals surface area (Å²) in [5, 5.41) is 1.13. The normalized spacial score (nSPS) is 16.8. The van der Waals surface area contributed by atoms with Gasteiger partial charge in [-0.25, -0.2) is 0 Å². The van der Waals surface area contributed by atoms with Crippen LogP contribution in [0.2, 0.25) is 0 Å². The number of amides is 1. The number of aromatic nitrogens is 1. The number of ketones is 1. The first-order chi connectivity index (χ1) is 16.7. The number of hydrogen-bond acceptors (Lipinski definition) is 3. The molecule has 1 unspecified atom stereocenters. The molecule has 1 atom stereocenters. The smallest absolute Gasteiger partial charge is 0.240 e. The van der Waals surface area contributed by atoms with Crippen molar-refractivity contribution in [3.8, 4) is 0 Å². The van der Waals surface area contributed by atoms with Gasteiger partial charge in [0.2, 0.25) is 5.91 Å². The topological polar surface area (TPSA) is 56.4 Å². The summed E-state index contributed by atoms with van der Waals surface area (Å²) in [6.45, 7) is 2.26. The lowest BCUT2D eigenvalue weighted by atomic mass is 9.99. The zero-order chi connectivity index (χ0) is 23.3. The van der Waals surface area contributed by atoms with Crippen LogP contribution in [-0.2, 0) is 17.6 Å². The Labute approximate surface area is 200 Å². The number of carbonyl (C=O) groups excluding carboxylic acids is 2. The van der Waals surface area contributed by atoms with E-state index in [1.54, 1.807) is 0 Å². The highest BCUT2D eigenvalue weighted by Crippen LogP contribution is 2.23. The Hall–Kier alpha value is -3.70. The Bertz CT molecular complexity index is 1270. The minimum Gasteiger partial charge on any atom is -0.361 e. The van der Waals surface area contributed by atoms with Crippen molar-refractivity contribution in [3.63, 3.8) is 0 Å². The molecular formula is C29H29N3O2. The number of nitrogens with one attached hydrogen (secondary N) is 1. The van der Waals surface area contributed by atoms with Crippen LogP contribution >= 0.6 is 0 Å². The van der Waals surface area contributed by atoms with Crippen LogP contribution in [-0.4, -0.2) is 58.7 Å². The van der Waals surface area contributed by atoms with Crippen LogP contribution in [0.3, 0.4) is 0 Å². The molecule has 1 saturated heterocycles. The Morgan fingerprint density at radius 2 is 1.59 bits per heavy atom. The average Bonchev–Trinajstić information content (AvgIpc) is 3.29. The van der Waals surface area contributed by atoms with Crippen molar-refractivity contribution in [2.75, 3.05) is 26.2 Å². The number of benzene rings is 3. The Morgan fingerprint density at radius 1 is 0.882 bits per heavy atom. The van der Waals surface area contributed by atoms with Crippen LogP contribution in [0.15, 0.2) is 91.1 Å². The molecule has 4 aromatic rings. The number of H-pyrrole nitrogens is 1. The number of Topliss-reactive ketones (excluding diaryl/α,β-unsaturated/α-hetero) is 1. The number of fused-ring (bicyclic) bond motifs is 1. The SMILES string of the molecule is O=C(CN1CCN(CCc2ccccc2)C(=O)C1Cc1c[nH]c2ccccc12)c1ccccc1. The van der Waals surface area contributed by atoms with Gasteiger partial charge in [-0.3, -0.25) is 14.5 Å². The van der Waals surface area contributed by atoms with Gasteiger partial charge in [-0.15, -0.1) is 0 Å². The lowest BCUT2D eigenvalue weighted by Crippen LogP contribution is -2.59. The molecule has 0 saturated carbocycles. The van der Waals surface area contributed by atoms with Gasteiger partial charge in [-0.05, 0) is 30.0 Å². The standard InChI is InChI=1S/C29H29N3O2/c33-28(23-11-5-2-6-12-23)21-32-18-17-31(16-15-22-9-3-1-4-10-22)29(34)27(32)19-24-20-30-26-14-8-7-13-25(24)26/h1-14,20,27,30H,15-19,21H2. The molecular weight excluding hydrogens is 422 g/mol. The largest absolute Gasteiger partial charge is 0.361 e. The van der Waals surface area contributed by atoms with Crippen molar-refractivity contribution in [1.29, 1.82) is 0 Å². The molecule has 172 valence electrons. The van der Waals surface area contributed by atoms with E-state index in [1.807, 2.05) is 77.8 Å². The third kappa shape index (κ3) is 4.80. The molecule has 1 N–H and O–H groups in total. The average molecular weight is 452 g/mol. The van der Waals surface area contributed by atoms with Crippen LogP contribution in [0.1, 0.15) is 21.5 Å². The number of aromatic amines is 1. The molecule has 0 bridgehead atoms. The molecule has 5 rings (SSSR count). The highest BCUT2D eigenvalue weighted by Gasteiger charge is 2.36. The minimum absolute atomic E-state index is 0.0510. The number of para-hydroxylation sites is 1. The van der Waals surface area contributed by atoms with E-state index in [1.165, 1.54) is 5.56 Å². The molecule has 2 heterocycles. The van der Waals surface area contributed by atoms with Crippen molar-refractivity contribution in [2.45, 2.75) is 18.9 Å². The molecule has 1 aliphatic rings. The molecule has 1 fully saturated rings. The van der Waals surface area contributed by atoms with Gasteiger partial charge in [0, 0.05) is 42.3 Å². The third-order valence-electron chi connectivity index (χ3n) is 6.74. The monoisotopic (exact) mass is 451 g/mol. The van der Waals surface area contributed by atoms with E-state index in [9.17, 15) is 9.59 Å². The Kier molecular flexibility index (Phi) is 6.54. The number of nitrogens with zero attached hydrogens (tertiary/aromatic N) is 2. The van der Waals surface area contributed by atoms with Crippen molar-refractivity contribution in [2.24, 2.45) is 0 Å². The summed E-state index contributed by atoms with van der Waals surface area (Å²) in [6, 6.07) is 27.4. The van der Waals surface area contributed by atoms with Crippen LogP contribution in [0.4, 0.5) is 0 Å². The van der Waals surface area contributed by atoms with Gasteiger partial charge >= 0.3 is 0 Å². The fourth-order valence-electron chi connectivity index (χ4n) is 4.83. The van der Waals surface area contributed by atoms with Crippen LogP contribution in [0.5, 0.6) is 0 Å². The molecule has 34 heavy (non-hydrogen) atoms. The maximum absolute atomic E-state index is 13.7. The highest BCUT2D eigenvalue weighted by atomic mass is 16.2. The fourth-order valence-corrected chi connectivity index (χ4v) is 4.83. The maximum atomic E-state index is 13.7. The molecule has 3 aromatic carbocycles. The third-order valence-corrected chi connectivity index (χ3v) is 6.74. The summed E-state index contributed by atoms with van der Waals surface area (Å²) in [5.41, 5.74) is 4.09. The van der Waals surface area contributed by atoms with E-state index in [0.717, 1.165) is 22.9 Å². The van der Waals surface area contributed by atoms with Gasteiger partial charge in [0.25, 0.3) is 0 Å². The van der Waals surface area contributed by atoms with Crippen LogP contribution < -0.4 is 0 Å². The molecule has 0 spiro atoms. The first kappa shape index (κ1) is 22.1. The van der Waals surface area contributed by atoms with Crippen molar-refractivity contribution in [3.05, 3.63) is 108 Å². The zero-order valence-corrected chi connectivity index (χ0v) is 19.2. The molecule has 0 aliphatic carbocycles. The quantitative estimate of drug-likeness (QED) is 0.405. The van der Waals surface area contributed by atoms with Gasteiger partial charge in [-0.1, -0.05) is 78.9 Å². The first-order valence-corrected chi connectivity index (χ1v) is 11.9. The van der Waals surface area contributed by atoms with E-state index < -0.39 is 0 Å². The van der Waals surface area contributed by atoms with Crippen molar-refractivity contribution < 1.29 is 9.59 Å². The Morgan fingerprint density at radius 3 is 2.38 bits per heavy atom. The van der Waals surface area contributed by atoms with Gasteiger partial charge in [-0.2, -0.15) is 0 Å². The summed E-state index contributed by atoms with van der Waals surface area (Å²) in [6.07, 6.45) is 3.40. The summed E-state index contributed by atoms with van der Waals surface area (Å²) < 4.78 is 0. The lowest BCUT2D eigenvalue weighted by molar-refractivity contribution is -0.141. The van der Waals surface area contributed by atoms with E-state index in [-0.39, 0.29) is 24.3 Å². The predicted octanol–water partition coefficient (Wildman–Crippen LogP) is 4.35. The fraction of sp³-hybridized carbons (Fsp3) is 0.241. The van der Waals surface area contributed by atoms with E-state index in [2.05, 4.69) is 28.1 Å². The van der Waals surface area contributed by atoms with E-state index in [4.69, 9.17) is 0 Å². The van der Waals surface area contributed by atoms with Gasteiger partial charge in [0.15, 0.2) is 5.78 Å². The van der Waals surface area contributed by atoms with Gasteiger partial charge < -0.3 is 9.88 Å². The molecule has 1 aromatic heterocycles. The predicted molar refractivity (Wildman–Crippen MR) is 135 cm³/mol. The molecule has 1 aliphatic heterocycles. The second kappa shape index (κ2) is 10.1. The number of hydrogen-bond donors (Lipinski definition) is 1. The van der Waals surface area contributed by atoms with Gasteiger partial charge in [0.05, 0.1) is 12.6 Å². The summed E-state index contributed by atoms with van der Waals surface area (Å²) in [5.74, 6) is 0.156. The van der Waals surface area contributed by atoms with Gasteiger partial charge in [0.1, 0.15) is 0 Å². The zero-order valence-electron chi connectivity index (χ0n) is 19.2. The first-order valence-electron chi connectivity index (χ1n) is 11.9. The van der Waals surface area contributed by atoms with Crippen LogP contribution in [0.25, 0.3) is 10.9 Å². The van der Waals surface area contributed by atoms with Crippen LogP contribution in [0, 0.1) is 0 Å². The van der Waals surface area contributed by atoms with Crippen molar-refractivity contribution in [1.82, 2.24) is 14.8 Å². The van der Waals surface area contributed by atoms with E-state index in [0.29, 0.717) is 31.6 Å². The maximum Gasteiger partial charge on any atom is 0.240 e. The molecule has 5 heteroatoms. The molecule has 1 amide bonds. The van der Waals surface area contributed by atoms with E-state index >= 15 is 0 Å². The number of carbonyl (C=O) groups is 2. The number of piperazine rings is 1. The summed E-state index contributed by atoms with van der Waals surface area (Å²) >= 11 is 0. The summed E-state index contributed by atoms with van der Waals surface area (Å²) in [4.78, 5) is 34.1. The molecule has 5 nitrogen and oxygen atoms in total. The minimum atomic E-state index is -0.364. The second-order valence-electron chi connectivity index (χ2n) is 8.90. The van der Waals surface area contributed by atoms with Crippen molar-refractivity contribution >= 4 is 22.6 Å². The summed E-state index contributed by atoms with van der Waals surface area (Å²) in [7, 11) is 0. The lowest BCUT2D eigenvalue weighted by Gasteiger charge is -2.40. The molecule has 0 radical (unpaired) electrons. The number of rotatable bonds is 8.